The zero-order valence-corrected chi connectivity index (χ0v) is 11.5. The van der Waals surface area contributed by atoms with Crippen LogP contribution in [0.3, 0.4) is 0 Å². The Hall–Kier alpha value is -1.55. The maximum absolute atomic E-state index is 12.2. The molecule has 1 aliphatic rings. The van der Waals surface area contributed by atoms with E-state index in [2.05, 4.69) is 18.7 Å². The zero-order chi connectivity index (χ0) is 14.0. The number of ketones is 1. The van der Waals surface area contributed by atoms with Crippen LogP contribution in [-0.4, -0.2) is 39.5 Å². The number of likely N-dealkylation sites (tertiary alicyclic amines) is 1. The lowest BCUT2D eigenvalue weighted by molar-refractivity contribution is 0.0888. The Kier molecular flexibility index (Phi) is 4.10. The van der Waals surface area contributed by atoms with Crippen LogP contribution in [0.15, 0.2) is 18.2 Å². The van der Waals surface area contributed by atoms with E-state index in [1.807, 2.05) is 0 Å². The van der Waals surface area contributed by atoms with Gasteiger partial charge in [0.1, 0.15) is 0 Å². The number of carbonyl (C=O) groups is 1. The smallest absolute Gasteiger partial charge is 0.176 e. The molecule has 1 aromatic carbocycles. The minimum Gasteiger partial charge on any atom is -0.504 e. The monoisotopic (exact) mass is 263 g/mol. The summed E-state index contributed by atoms with van der Waals surface area (Å²) in [5.74, 6) is -0.451. The molecule has 0 radical (unpaired) electrons. The van der Waals surface area contributed by atoms with Gasteiger partial charge in [-0.05, 0) is 44.4 Å². The summed E-state index contributed by atoms with van der Waals surface area (Å²) in [6.45, 7) is 4.67. The number of carbonyl (C=O) groups excluding carboxylic acids is 1. The van der Waals surface area contributed by atoms with Crippen LogP contribution in [0.2, 0.25) is 0 Å². The summed E-state index contributed by atoms with van der Waals surface area (Å²) >= 11 is 0. The van der Waals surface area contributed by atoms with Crippen LogP contribution < -0.4 is 0 Å². The summed E-state index contributed by atoms with van der Waals surface area (Å²) in [5.41, 5.74) is 0.448. The van der Waals surface area contributed by atoms with Gasteiger partial charge in [-0.15, -0.1) is 0 Å². The van der Waals surface area contributed by atoms with Gasteiger partial charge in [-0.1, -0.05) is 6.92 Å². The molecule has 4 heteroatoms. The van der Waals surface area contributed by atoms with Crippen molar-refractivity contribution in [3.8, 4) is 11.5 Å². The number of phenolic OH excluding ortho intramolecular Hbond substituents is 2. The van der Waals surface area contributed by atoms with Gasteiger partial charge in [-0.3, -0.25) is 9.69 Å². The fourth-order valence-corrected chi connectivity index (χ4v) is 2.80. The van der Waals surface area contributed by atoms with Crippen LogP contribution >= 0.6 is 0 Å². The third-order valence-corrected chi connectivity index (χ3v) is 4.05. The molecule has 0 saturated carbocycles. The van der Waals surface area contributed by atoms with Crippen molar-refractivity contribution in [1.82, 2.24) is 4.90 Å². The molecule has 104 valence electrons. The number of phenols is 2. The van der Waals surface area contributed by atoms with Gasteiger partial charge in [-0.25, -0.2) is 0 Å². The second kappa shape index (κ2) is 5.61. The summed E-state index contributed by atoms with van der Waals surface area (Å²) in [5, 5.41) is 18.7. The van der Waals surface area contributed by atoms with E-state index in [1.54, 1.807) is 6.07 Å². The lowest BCUT2D eigenvalue weighted by atomic mass is 10.1. The van der Waals surface area contributed by atoms with E-state index in [-0.39, 0.29) is 17.3 Å². The van der Waals surface area contributed by atoms with E-state index in [1.165, 1.54) is 12.1 Å². The molecular formula is C15H21NO3. The largest absolute Gasteiger partial charge is 0.504 e. The SMILES string of the molecule is CCC1CCC(C)N1CC(=O)c1ccc(O)c(O)c1. The van der Waals surface area contributed by atoms with Crippen molar-refractivity contribution < 1.29 is 15.0 Å². The van der Waals surface area contributed by atoms with Gasteiger partial charge in [0.05, 0.1) is 6.54 Å². The van der Waals surface area contributed by atoms with E-state index in [4.69, 9.17) is 0 Å². The van der Waals surface area contributed by atoms with Gasteiger partial charge in [0.2, 0.25) is 0 Å². The average molecular weight is 263 g/mol. The van der Waals surface area contributed by atoms with Crippen LogP contribution in [0.4, 0.5) is 0 Å². The molecule has 1 fully saturated rings. The summed E-state index contributed by atoms with van der Waals surface area (Å²) in [4.78, 5) is 14.5. The minimum absolute atomic E-state index is 0.0116. The van der Waals surface area contributed by atoms with Gasteiger partial charge in [0.15, 0.2) is 17.3 Å². The second-order valence-corrected chi connectivity index (χ2v) is 5.29. The topological polar surface area (TPSA) is 60.8 Å². The van der Waals surface area contributed by atoms with Crippen LogP contribution in [0.1, 0.15) is 43.5 Å². The molecular weight excluding hydrogens is 242 g/mol. The second-order valence-electron chi connectivity index (χ2n) is 5.29. The zero-order valence-electron chi connectivity index (χ0n) is 11.5. The Morgan fingerprint density at radius 3 is 2.68 bits per heavy atom. The van der Waals surface area contributed by atoms with Crippen LogP contribution in [0, 0.1) is 0 Å². The number of rotatable bonds is 4. The van der Waals surface area contributed by atoms with E-state index in [9.17, 15) is 15.0 Å². The number of aromatic hydroxyl groups is 2. The third-order valence-electron chi connectivity index (χ3n) is 4.05. The molecule has 2 unspecified atom stereocenters. The third kappa shape index (κ3) is 2.89. The van der Waals surface area contributed by atoms with Crippen LogP contribution in [0.25, 0.3) is 0 Å². The Morgan fingerprint density at radius 1 is 1.32 bits per heavy atom. The van der Waals surface area contributed by atoms with Crippen molar-refractivity contribution in [2.45, 2.75) is 45.2 Å². The summed E-state index contributed by atoms with van der Waals surface area (Å²) in [6, 6.07) is 5.15. The van der Waals surface area contributed by atoms with Crippen LogP contribution in [-0.2, 0) is 0 Å². The normalized spacial score (nSPS) is 23.7. The molecule has 1 aliphatic heterocycles. The molecule has 0 amide bonds. The van der Waals surface area contributed by atoms with Gasteiger partial charge in [0.25, 0.3) is 0 Å². The van der Waals surface area contributed by atoms with Gasteiger partial charge >= 0.3 is 0 Å². The molecule has 4 nitrogen and oxygen atoms in total. The van der Waals surface area contributed by atoms with E-state index >= 15 is 0 Å². The maximum atomic E-state index is 12.2. The fourth-order valence-electron chi connectivity index (χ4n) is 2.80. The molecule has 0 aliphatic carbocycles. The van der Waals surface area contributed by atoms with Crippen molar-refractivity contribution in [1.29, 1.82) is 0 Å². The Balaban J connectivity index is 2.09. The van der Waals surface area contributed by atoms with Crippen molar-refractivity contribution in [3.63, 3.8) is 0 Å². The quantitative estimate of drug-likeness (QED) is 0.647. The van der Waals surface area contributed by atoms with Crippen molar-refractivity contribution >= 4 is 5.78 Å². The number of Topliss-reactive ketones (excluding diaryl/α,β-unsaturated/α-hetero) is 1. The van der Waals surface area contributed by atoms with Crippen molar-refractivity contribution in [2.75, 3.05) is 6.54 Å². The van der Waals surface area contributed by atoms with Crippen molar-refractivity contribution in [3.05, 3.63) is 23.8 Å². The van der Waals surface area contributed by atoms with Gasteiger partial charge in [-0.2, -0.15) is 0 Å². The fraction of sp³-hybridized carbons (Fsp3) is 0.533. The first-order chi connectivity index (χ1) is 9.02. The van der Waals surface area contributed by atoms with E-state index < -0.39 is 0 Å². The van der Waals surface area contributed by atoms with E-state index in [0.29, 0.717) is 24.2 Å². The molecule has 1 saturated heterocycles. The molecule has 2 rings (SSSR count). The van der Waals surface area contributed by atoms with Crippen LogP contribution in [0.5, 0.6) is 11.5 Å². The number of hydrogen-bond acceptors (Lipinski definition) is 4. The molecule has 2 N–H and O–H groups in total. The minimum atomic E-state index is -0.243. The molecule has 1 heterocycles. The highest BCUT2D eigenvalue weighted by atomic mass is 16.3. The molecule has 0 bridgehead atoms. The number of nitrogens with zero attached hydrogens (tertiary/aromatic N) is 1. The lowest BCUT2D eigenvalue weighted by Gasteiger charge is -2.26. The van der Waals surface area contributed by atoms with E-state index in [0.717, 1.165) is 19.3 Å². The highest BCUT2D eigenvalue weighted by molar-refractivity contribution is 5.98. The highest BCUT2D eigenvalue weighted by Crippen LogP contribution is 2.28. The summed E-state index contributed by atoms with van der Waals surface area (Å²) < 4.78 is 0. The van der Waals surface area contributed by atoms with Gasteiger partial charge < -0.3 is 10.2 Å². The average Bonchev–Trinajstić information content (AvgIpc) is 2.74. The summed E-state index contributed by atoms with van der Waals surface area (Å²) in [7, 11) is 0. The number of hydrogen-bond donors (Lipinski definition) is 2. The summed E-state index contributed by atoms with van der Waals surface area (Å²) in [6.07, 6.45) is 3.33. The molecule has 1 aromatic rings. The molecule has 0 aromatic heterocycles. The maximum Gasteiger partial charge on any atom is 0.176 e. The first-order valence-electron chi connectivity index (χ1n) is 6.83. The molecule has 2 atom stereocenters. The standard InChI is InChI=1S/C15H21NO3/c1-3-12-6-4-10(2)16(12)9-15(19)11-5-7-13(17)14(18)8-11/h5,7-8,10,12,17-18H,3-4,6,9H2,1-2H3. The first kappa shape index (κ1) is 13.9. The molecule has 0 spiro atoms. The Morgan fingerprint density at radius 2 is 2.05 bits per heavy atom. The first-order valence-corrected chi connectivity index (χ1v) is 6.83. The number of benzene rings is 1. The molecule has 19 heavy (non-hydrogen) atoms. The highest BCUT2D eigenvalue weighted by Gasteiger charge is 2.30. The van der Waals surface area contributed by atoms with Gasteiger partial charge in [0, 0.05) is 17.6 Å². The predicted octanol–water partition coefficient (Wildman–Crippen LogP) is 2.54. The predicted molar refractivity (Wildman–Crippen MR) is 73.6 cm³/mol. The Labute approximate surface area is 113 Å². The Bertz CT molecular complexity index is 472. The van der Waals surface area contributed by atoms with Crippen molar-refractivity contribution in [2.24, 2.45) is 0 Å². The lowest BCUT2D eigenvalue weighted by Crippen LogP contribution is -2.38.